The molecule has 1 aliphatic rings. The van der Waals surface area contributed by atoms with Gasteiger partial charge in [0.2, 0.25) is 0 Å². The van der Waals surface area contributed by atoms with Crippen LogP contribution in [-0.2, 0) is 24.9 Å². The molecule has 0 saturated heterocycles. The van der Waals surface area contributed by atoms with Crippen molar-refractivity contribution < 1.29 is 14.3 Å². The van der Waals surface area contributed by atoms with E-state index in [0.717, 1.165) is 15.0 Å². The lowest BCUT2D eigenvalue weighted by Gasteiger charge is -2.20. The molecule has 26 heavy (non-hydrogen) atoms. The lowest BCUT2D eigenvalue weighted by molar-refractivity contribution is 0.1000. The number of hydrogen-bond acceptors (Lipinski definition) is 5. The number of anilines is 1. The summed E-state index contributed by atoms with van der Waals surface area (Å²) < 4.78 is 7.45. The zero-order valence-electron chi connectivity index (χ0n) is 14.6. The van der Waals surface area contributed by atoms with Gasteiger partial charge in [0.15, 0.2) is 5.78 Å². The number of benzene rings is 1. The minimum absolute atomic E-state index is 0.0303. The van der Waals surface area contributed by atoms with Crippen LogP contribution in [-0.4, -0.2) is 27.6 Å². The Hall–Kier alpha value is -3.16. The normalized spacial score (nSPS) is 13.0. The van der Waals surface area contributed by atoms with Crippen molar-refractivity contribution in [2.45, 2.75) is 26.5 Å². The number of carbonyl (C=O) groups excluding carboxylic acids is 2. The summed E-state index contributed by atoms with van der Waals surface area (Å²) in [6.45, 7) is 1.86. The van der Waals surface area contributed by atoms with Gasteiger partial charge in [-0.15, -0.1) is 0 Å². The molecule has 8 heteroatoms. The molecule has 0 fully saturated rings. The SMILES string of the molecule is CCCn1c2c(c(=O)n(C)c1=O)C(=O)CN2C(=O)OCc1ccccc1. The zero-order valence-corrected chi connectivity index (χ0v) is 14.6. The second-order valence-electron chi connectivity index (χ2n) is 6.05. The second-order valence-corrected chi connectivity index (χ2v) is 6.05. The number of fused-ring (bicyclic) bond motifs is 1. The van der Waals surface area contributed by atoms with E-state index in [0.29, 0.717) is 6.42 Å². The van der Waals surface area contributed by atoms with Crippen LogP contribution in [0.25, 0.3) is 0 Å². The molecule has 0 saturated carbocycles. The van der Waals surface area contributed by atoms with Gasteiger partial charge >= 0.3 is 11.8 Å². The van der Waals surface area contributed by atoms with Gasteiger partial charge in [0, 0.05) is 13.6 Å². The summed E-state index contributed by atoms with van der Waals surface area (Å²) in [6.07, 6.45) is -0.162. The highest BCUT2D eigenvalue weighted by Gasteiger charge is 2.38. The van der Waals surface area contributed by atoms with Crippen LogP contribution in [0.5, 0.6) is 0 Å². The van der Waals surface area contributed by atoms with Gasteiger partial charge in [-0.3, -0.25) is 23.6 Å². The van der Waals surface area contributed by atoms with E-state index >= 15 is 0 Å². The molecule has 2 heterocycles. The Morgan fingerprint density at radius 2 is 1.85 bits per heavy atom. The Balaban J connectivity index is 1.98. The fourth-order valence-electron chi connectivity index (χ4n) is 2.95. The third-order valence-electron chi connectivity index (χ3n) is 4.22. The third-order valence-corrected chi connectivity index (χ3v) is 4.22. The van der Waals surface area contributed by atoms with Crippen molar-refractivity contribution >= 4 is 17.7 Å². The molecule has 1 aromatic heterocycles. The van der Waals surface area contributed by atoms with Gasteiger partial charge in [-0.2, -0.15) is 0 Å². The lowest BCUT2D eigenvalue weighted by atomic mass is 10.2. The average Bonchev–Trinajstić information content (AvgIpc) is 2.99. The van der Waals surface area contributed by atoms with Crippen molar-refractivity contribution in [2.75, 3.05) is 11.4 Å². The number of hydrogen-bond donors (Lipinski definition) is 0. The van der Waals surface area contributed by atoms with Gasteiger partial charge in [0.25, 0.3) is 5.56 Å². The Bertz CT molecular complexity index is 975. The van der Waals surface area contributed by atoms with Crippen LogP contribution < -0.4 is 16.1 Å². The minimum atomic E-state index is -0.765. The molecular weight excluding hydrogens is 338 g/mol. The summed E-state index contributed by atoms with van der Waals surface area (Å²) in [7, 11) is 1.32. The molecule has 0 atom stereocenters. The van der Waals surface area contributed by atoms with E-state index in [4.69, 9.17) is 4.74 Å². The van der Waals surface area contributed by atoms with Gasteiger partial charge in [-0.05, 0) is 12.0 Å². The molecule has 0 N–H and O–H groups in total. The molecule has 0 spiro atoms. The number of nitrogens with zero attached hydrogens (tertiary/aromatic N) is 3. The topological polar surface area (TPSA) is 90.6 Å². The highest BCUT2D eigenvalue weighted by molar-refractivity contribution is 6.13. The molecule has 2 aromatic rings. The fraction of sp³-hybridized carbons (Fsp3) is 0.333. The Kier molecular flexibility index (Phi) is 4.75. The van der Waals surface area contributed by atoms with E-state index in [1.54, 1.807) is 12.1 Å². The fourth-order valence-corrected chi connectivity index (χ4v) is 2.95. The van der Waals surface area contributed by atoms with Crippen LogP contribution in [0.1, 0.15) is 29.3 Å². The smallest absolute Gasteiger partial charge is 0.416 e. The van der Waals surface area contributed by atoms with E-state index < -0.39 is 23.1 Å². The first kappa shape index (κ1) is 17.7. The summed E-state index contributed by atoms with van der Waals surface area (Å²) >= 11 is 0. The van der Waals surface area contributed by atoms with Gasteiger partial charge in [-0.25, -0.2) is 9.59 Å². The average molecular weight is 357 g/mol. The Morgan fingerprint density at radius 3 is 2.50 bits per heavy atom. The van der Waals surface area contributed by atoms with Crippen molar-refractivity contribution in [1.29, 1.82) is 0 Å². The van der Waals surface area contributed by atoms with E-state index in [-0.39, 0.29) is 31.1 Å². The summed E-state index contributed by atoms with van der Waals surface area (Å²) in [4.78, 5) is 50.7. The summed E-state index contributed by atoms with van der Waals surface area (Å²) in [5.74, 6) is -0.467. The molecule has 3 rings (SSSR count). The number of amides is 1. The molecule has 1 amide bonds. The van der Waals surface area contributed by atoms with E-state index in [2.05, 4.69) is 0 Å². The maximum atomic E-state index is 12.5. The van der Waals surface area contributed by atoms with Crippen molar-refractivity contribution in [3.05, 3.63) is 62.3 Å². The molecular formula is C18H19N3O5. The van der Waals surface area contributed by atoms with Crippen molar-refractivity contribution in [2.24, 2.45) is 7.05 Å². The molecule has 1 aromatic carbocycles. The van der Waals surface area contributed by atoms with Gasteiger partial charge in [-0.1, -0.05) is 37.3 Å². The number of rotatable bonds is 4. The molecule has 1 aliphatic heterocycles. The van der Waals surface area contributed by atoms with Gasteiger partial charge in [0.1, 0.15) is 18.0 Å². The molecule has 136 valence electrons. The van der Waals surface area contributed by atoms with Crippen LogP contribution in [0.2, 0.25) is 0 Å². The highest BCUT2D eigenvalue weighted by Crippen LogP contribution is 2.25. The summed E-state index contributed by atoms with van der Waals surface area (Å²) in [5, 5.41) is 0. The van der Waals surface area contributed by atoms with Crippen LogP contribution in [0, 0.1) is 0 Å². The summed E-state index contributed by atoms with van der Waals surface area (Å²) in [5.41, 5.74) is -0.606. The first-order valence-electron chi connectivity index (χ1n) is 8.31. The maximum absolute atomic E-state index is 12.5. The maximum Gasteiger partial charge on any atom is 0.416 e. The van der Waals surface area contributed by atoms with Gasteiger partial charge in [0.05, 0.1) is 6.54 Å². The number of Topliss-reactive ketones (excluding diaryl/α,β-unsaturated/α-hetero) is 1. The van der Waals surface area contributed by atoms with Crippen LogP contribution in [0.4, 0.5) is 10.6 Å². The molecule has 8 nitrogen and oxygen atoms in total. The van der Waals surface area contributed by atoms with E-state index in [9.17, 15) is 19.2 Å². The first-order valence-corrected chi connectivity index (χ1v) is 8.31. The number of carbonyl (C=O) groups is 2. The standard InChI is InChI=1S/C18H19N3O5/c1-3-9-20-15-14(16(23)19(2)17(20)24)13(22)10-21(15)18(25)26-11-12-7-5-4-6-8-12/h4-8H,3,9-11H2,1-2H3. The van der Waals surface area contributed by atoms with Crippen LogP contribution >= 0.6 is 0 Å². The van der Waals surface area contributed by atoms with E-state index in [1.165, 1.54) is 11.6 Å². The quantitative estimate of drug-likeness (QED) is 0.822. The van der Waals surface area contributed by atoms with Crippen molar-refractivity contribution in [1.82, 2.24) is 9.13 Å². The van der Waals surface area contributed by atoms with E-state index in [1.807, 2.05) is 25.1 Å². The van der Waals surface area contributed by atoms with Crippen molar-refractivity contribution in [3.63, 3.8) is 0 Å². The zero-order chi connectivity index (χ0) is 18.8. The lowest BCUT2D eigenvalue weighted by Crippen LogP contribution is -2.42. The summed E-state index contributed by atoms with van der Waals surface area (Å²) in [6, 6.07) is 9.10. The van der Waals surface area contributed by atoms with Gasteiger partial charge < -0.3 is 4.74 Å². The predicted octanol–water partition coefficient (Wildman–Crippen LogP) is 1.30. The Morgan fingerprint density at radius 1 is 1.15 bits per heavy atom. The van der Waals surface area contributed by atoms with Crippen LogP contribution in [0.15, 0.2) is 39.9 Å². The number of aromatic nitrogens is 2. The number of ketones is 1. The largest absolute Gasteiger partial charge is 0.444 e. The molecule has 0 bridgehead atoms. The monoisotopic (exact) mass is 357 g/mol. The minimum Gasteiger partial charge on any atom is -0.444 e. The molecule has 0 radical (unpaired) electrons. The first-order chi connectivity index (χ1) is 12.5. The van der Waals surface area contributed by atoms with Crippen LogP contribution in [0.3, 0.4) is 0 Å². The Labute approximate surface area is 149 Å². The third kappa shape index (κ3) is 2.94. The highest BCUT2D eigenvalue weighted by atomic mass is 16.6. The molecule has 0 unspecified atom stereocenters. The van der Waals surface area contributed by atoms with Crippen molar-refractivity contribution in [3.8, 4) is 0 Å². The predicted molar refractivity (Wildman–Crippen MR) is 94.5 cm³/mol. The molecule has 0 aliphatic carbocycles. The number of ether oxygens (including phenoxy) is 1. The second kappa shape index (κ2) is 6.99.